The van der Waals surface area contributed by atoms with Crippen molar-refractivity contribution < 1.29 is 23.0 Å². The molecule has 1 N–H and O–H groups in total. The molecule has 0 unspecified atom stereocenters. The molecule has 168 valence electrons. The van der Waals surface area contributed by atoms with Crippen molar-refractivity contribution in [3.63, 3.8) is 0 Å². The third-order valence-electron chi connectivity index (χ3n) is 5.46. The first kappa shape index (κ1) is 22.8. The van der Waals surface area contributed by atoms with E-state index in [2.05, 4.69) is 28.9 Å². The van der Waals surface area contributed by atoms with Gasteiger partial charge in [-0.3, -0.25) is 4.90 Å². The third-order valence-corrected chi connectivity index (χ3v) is 5.46. The summed E-state index contributed by atoms with van der Waals surface area (Å²) in [6.45, 7) is 1.08. The van der Waals surface area contributed by atoms with Crippen molar-refractivity contribution in [1.29, 1.82) is 0 Å². The highest BCUT2D eigenvalue weighted by molar-refractivity contribution is 6.03. The van der Waals surface area contributed by atoms with Crippen LogP contribution in [0.4, 0.5) is 25.0 Å². The average molecular weight is 433 g/mol. The molecule has 3 rings (SSSR count). The molecule has 31 heavy (non-hydrogen) atoms. The minimum atomic E-state index is -3.08. The topological polar surface area (TPSA) is 63.7 Å². The summed E-state index contributed by atoms with van der Waals surface area (Å²) in [6.07, 6.45) is 5.01. The molecule has 1 fully saturated rings. The predicted octanol–water partition coefficient (Wildman–Crippen LogP) is 6.19. The fourth-order valence-electron chi connectivity index (χ4n) is 3.99. The van der Waals surface area contributed by atoms with Crippen LogP contribution in [0.3, 0.4) is 0 Å². The van der Waals surface area contributed by atoms with E-state index in [4.69, 9.17) is 4.74 Å². The number of aromatic nitrogens is 1. The van der Waals surface area contributed by atoms with Gasteiger partial charge in [0.1, 0.15) is 5.69 Å². The zero-order chi connectivity index (χ0) is 22.4. The van der Waals surface area contributed by atoms with Gasteiger partial charge in [0.25, 0.3) is 0 Å². The number of alkyl halides is 2. The van der Waals surface area contributed by atoms with E-state index in [1.165, 1.54) is 19.2 Å². The van der Waals surface area contributed by atoms with Crippen LogP contribution in [0.1, 0.15) is 57.4 Å². The largest absolute Gasteiger partial charge is 0.481 e. The average Bonchev–Trinajstić information content (AvgIpc) is 2.75. The molecular weight excluding hydrogens is 404 g/mol. The van der Waals surface area contributed by atoms with Gasteiger partial charge >= 0.3 is 12.6 Å². The van der Waals surface area contributed by atoms with Crippen LogP contribution in [0.15, 0.2) is 36.4 Å². The number of urea groups is 1. The Morgan fingerprint density at radius 2 is 1.84 bits per heavy atom. The number of halogens is 2. The summed E-state index contributed by atoms with van der Waals surface area (Å²) in [5, 5.41) is 2.74. The van der Waals surface area contributed by atoms with Crippen LogP contribution in [-0.4, -0.2) is 30.8 Å². The van der Waals surface area contributed by atoms with Crippen LogP contribution in [0.25, 0.3) is 0 Å². The van der Waals surface area contributed by atoms with Gasteiger partial charge in [-0.2, -0.15) is 13.8 Å². The number of carbonyl (C=O) groups is 1. The summed E-state index contributed by atoms with van der Waals surface area (Å²) in [7, 11) is 1.38. The summed E-state index contributed by atoms with van der Waals surface area (Å²) in [5.74, 6) is -0.0538. The Bertz CT molecular complexity index is 886. The van der Waals surface area contributed by atoms with Crippen molar-refractivity contribution in [3.8, 4) is 11.8 Å². The highest BCUT2D eigenvalue weighted by Gasteiger charge is 2.30. The van der Waals surface area contributed by atoms with Crippen molar-refractivity contribution in [1.82, 2.24) is 4.98 Å². The minimum Gasteiger partial charge on any atom is -0.481 e. The summed E-state index contributed by atoms with van der Waals surface area (Å²) in [6, 6.07) is 10.4. The fourth-order valence-corrected chi connectivity index (χ4v) is 3.99. The summed E-state index contributed by atoms with van der Waals surface area (Å²) >= 11 is 0. The van der Waals surface area contributed by atoms with Gasteiger partial charge in [0.2, 0.25) is 11.8 Å². The zero-order valence-corrected chi connectivity index (χ0v) is 18.1. The molecular formula is C23H29F2N3O3. The molecule has 1 aliphatic carbocycles. The number of hydrogen-bond acceptors (Lipinski definition) is 4. The number of hydrogen-bond donors (Lipinski definition) is 1. The number of carbonyl (C=O) groups excluding carboxylic acids is 1. The smallest absolute Gasteiger partial charge is 0.388 e. The van der Waals surface area contributed by atoms with E-state index >= 15 is 0 Å². The van der Waals surface area contributed by atoms with Crippen LogP contribution in [0.5, 0.6) is 11.8 Å². The number of benzene rings is 1. The maximum absolute atomic E-state index is 13.5. The molecule has 6 nitrogen and oxygen atoms in total. The second kappa shape index (κ2) is 10.4. The van der Waals surface area contributed by atoms with E-state index in [-0.39, 0.29) is 29.4 Å². The van der Waals surface area contributed by atoms with Crippen LogP contribution in [0, 0.1) is 0 Å². The van der Waals surface area contributed by atoms with Crippen molar-refractivity contribution >= 4 is 17.4 Å². The predicted molar refractivity (Wildman–Crippen MR) is 116 cm³/mol. The summed E-state index contributed by atoms with van der Waals surface area (Å²) in [5.41, 5.74) is 1.95. The maximum atomic E-state index is 13.5. The number of rotatable bonds is 7. The Morgan fingerprint density at radius 1 is 1.13 bits per heavy atom. The quantitative estimate of drug-likeness (QED) is 0.566. The van der Waals surface area contributed by atoms with E-state index in [1.807, 2.05) is 24.3 Å². The molecule has 0 aliphatic heterocycles. The lowest BCUT2D eigenvalue weighted by Crippen LogP contribution is -2.44. The number of para-hydroxylation sites is 1. The molecule has 1 aliphatic rings. The van der Waals surface area contributed by atoms with E-state index in [0.29, 0.717) is 0 Å². The molecule has 2 amide bonds. The lowest BCUT2D eigenvalue weighted by molar-refractivity contribution is -0.0525. The third kappa shape index (κ3) is 5.62. The molecule has 1 heterocycles. The molecule has 0 bridgehead atoms. The molecule has 0 spiro atoms. The van der Waals surface area contributed by atoms with E-state index in [9.17, 15) is 13.6 Å². The normalized spacial score (nSPS) is 14.5. The Morgan fingerprint density at radius 3 is 2.48 bits per heavy atom. The van der Waals surface area contributed by atoms with Crippen molar-refractivity contribution in [2.45, 2.75) is 64.5 Å². The monoisotopic (exact) mass is 433 g/mol. The van der Waals surface area contributed by atoms with Crippen molar-refractivity contribution in [2.24, 2.45) is 0 Å². The van der Waals surface area contributed by atoms with Gasteiger partial charge in [-0.25, -0.2) is 4.79 Å². The van der Waals surface area contributed by atoms with Crippen LogP contribution < -0.4 is 19.7 Å². The standard InChI is InChI=1S/C23H29F2N3O3/c1-15(2)17-11-7-8-12-19(17)28(16-9-5-4-6-10-16)23(29)26-18-13-14-20(30-3)27-21(18)31-22(24)25/h7-8,11-16,22H,4-6,9-10H2,1-3H3,(H,26,29). The number of amides is 2. The first-order chi connectivity index (χ1) is 14.9. The Labute approximate surface area is 181 Å². The van der Waals surface area contributed by atoms with Crippen molar-refractivity contribution in [2.75, 3.05) is 17.3 Å². The van der Waals surface area contributed by atoms with Gasteiger partial charge in [-0.15, -0.1) is 0 Å². The first-order valence-corrected chi connectivity index (χ1v) is 10.6. The second-order valence-electron chi connectivity index (χ2n) is 7.89. The SMILES string of the molecule is COc1ccc(NC(=O)N(c2ccccc2C(C)C)C2CCCCC2)c(OC(F)F)n1. The Balaban J connectivity index is 1.96. The lowest BCUT2D eigenvalue weighted by atomic mass is 9.92. The van der Waals surface area contributed by atoms with Gasteiger partial charge in [0, 0.05) is 17.8 Å². The van der Waals surface area contributed by atoms with Gasteiger partial charge < -0.3 is 14.8 Å². The number of pyridine rings is 1. The molecule has 1 aromatic carbocycles. The van der Waals surface area contributed by atoms with Gasteiger partial charge in [-0.05, 0) is 36.5 Å². The van der Waals surface area contributed by atoms with Crippen molar-refractivity contribution in [3.05, 3.63) is 42.0 Å². The number of ether oxygens (including phenoxy) is 2. The van der Waals surface area contributed by atoms with Gasteiger partial charge in [0.05, 0.1) is 7.11 Å². The molecule has 0 radical (unpaired) electrons. The van der Waals surface area contributed by atoms with Gasteiger partial charge in [-0.1, -0.05) is 51.3 Å². The van der Waals surface area contributed by atoms with Gasteiger partial charge in [0.15, 0.2) is 0 Å². The fraction of sp³-hybridized carbons (Fsp3) is 0.478. The number of anilines is 2. The molecule has 1 aromatic heterocycles. The van der Waals surface area contributed by atoms with Crippen LogP contribution in [0.2, 0.25) is 0 Å². The number of methoxy groups -OCH3 is 1. The molecule has 0 atom stereocenters. The number of nitrogens with one attached hydrogen (secondary N) is 1. The maximum Gasteiger partial charge on any atom is 0.388 e. The van der Waals surface area contributed by atoms with Crippen LogP contribution >= 0.6 is 0 Å². The van der Waals surface area contributed by atoms with Crippen LogP contribution in [-0.2, 0) is 0 Å². The Kier molecular flexibility index (Phi) is 7.65. The zero-order valence-electron chi connectivity index (χ0n) is 18.1. The number of nitrogens with zero attached hydrogens (tertiary/aromatic N) is 2. The lowest BCUT2D eigenvalue weighted by Gasteiger charge is -2.36. The molecule has 2 aromatic rings. The first-order valence-electron chi connectivity index (χ1n) is 10.6. The molecule has 0 saturated heterocycles. The highest BCUT2D eigenvalue weighted by Crippen LogP contribution is 2.34. The van der Waals surface area contributed by atoms with E-state index in [0.717, 1.165) is 43.4 Å². The van der Waals surface area contributed by atoms with E-state index < -0.39 is 12.6 Å². The second-order valence-corrected chi connectivity index (χ2v) is 7.89. The summed E-state index contributed by atoms with van der Waals surface area (Å²) in [4.78, 5) is 19.2. The Hall–Kier alpha value is -2.90. The summed E-state index contributed by atoms with van der Waals surface area (Å²) < 4.78 is 35.3. The molecule has 1 saturated carbocycles. The van der Waals surface area contributed by atoms with E-state index in [1.54, 1.807) is 4.90 Å². The minimum absolute atomic E-state index is 0.0272. The molecule has 8 heteroatoms. The highest BCUT2D eigenvalue weighted by atomic mass is 19.3.